The second kappa shape index (κ2) is 5.08. The first-order valence-electron chi connectivity index (χ1n) is 9.21. The van der Waals surface area contributed by atoms with Gasteiger partial charge in [0.05, 0.1) is 16.6 Å². The predicted molar refractivity (Wildman–Crippen MR) is 91.2 cm³/mol. The standard InChI is InChI=1S/C20H32O3/c1-6-17(3)12-13-20(23-17)14(2)8-9-15-18(4,16(21)22)10-7-11-19(15,20)5/h6,14-15H,1,7-13H2,2-5H3,(H,21,22). The summed E-state index contributed by atoms with van der Waals surface area (Å²) in [4.78, 5) is 12.1. The fraction of sp³-hybridized carbons (Fsp3) is 0.850. The molecule has 3 heteroatoms. The summed E-state index contributed by atoms with van der Waals surface area (Å²) in [7, 11) is 0. The van der Waals surface area contributed by atoms with Crippen molar-refractivity contribution in [1.82, 2.24) is 0 Å². The Kier molecular flexibility index (Phi) is 3.76. The minimum absolute atomic E-state index is 0.0587. The molecule has 1 heterocycles. The van der Waals surface area contributed by atoms with Gasteiger partial charge < -0.3 is 9.84 Å². The number of hydrogen-bond donors (Lipinski definition) is 1. The number of rotatable bonds is 2. The Morgan fingerprint density at radius 2 is 1.87 bits per heavy atom. The van der Waals surface area contributed by atoms with E-state index in [0.29, 0.717) is 5.92 Å². The highest BCUT2D eigenvalue weighted by molar-refractivity contribution is 5.75. The van der Waals surface area contributed by atoms with E-state index in [0.717, 1.165) is 44.9 Å². The molecule has 3 aliphatic rings. The van der Waals surface area contributed by atoms with Crippen LogP contribution in [0.4, 0.5) is 0 Å². The first-order valence-corrected chi connectivity index (χ1v) is 9.21. The molecule has 1 spiro atoms. The molecule has 0 aromatic carbocycles. The molecule has 3 fully saturated rings. The van der Waals surface area contributed by atoms with Gasteiger partial charge in [-0.05, 0) is 64.2 Å². The minimum atomic E-state index is -0.623. The number of carbonyl (C=O) groups is 1. The molecule has 0 aromatic heterocycles. The zero-order valence-electron chi connectivity index (χ0n) is 15.2. The molecule has 3 nitrogen and oxygen atoms in total. The van der Waals surface area contributed by atoms with Crippen molar-refractivity contribution in [2.75, 3.05) is 0 Å². The predicted octanol–water partition coefficient (Wildman–Crippen LogP) is 4.81. The molecule has 0 amide bonds. The fourth-order valence-corrected chi connectivity index (χ4v) is 6.33. The highest BCUT2D eigenvalue weighted by Gasteiger charge is 2.67. The molecule has 0 aromatic rings. The Bertz CT molecular complexity index is 529. The summed E-state index contributed by atoms with van der Waals surface area (Å²) >= 11 is 0. The molecule has 6 atom stereocenters. The van der Waals surface area contributed by atoms with Crippen LogP contribution in [0.25, 0.3) is 0 Å². The summed E-state index contributed by atoms with van der Waals surface area (Å²) < 4.78 is 6.77. The lowest BCUT2D eigenvalue weighted by Gasteiger charge is -2.63. The van der Waals surface area contributed by atoms with Crippen molar-refractivity contribution in [3.05, 3.63) is 12.7 Å². The van der Waals surface area contributed by atoms with E-state index in [1.807, 2.05) is 13.0 Å². The van der Waals surface area contributed by atoms with Gasteiger partial charge >= 0.3 is 5.97 Å². The van der Waals surface area contributed by atoms with Gasteiger partial charge in [0.1, 0.15) is 0 Å². The third-order valence-corrected chi connectivity index (χ3v) is 7.91. The van der Waals surface area contributed by atoms with E-state index >= 15 is 0 Å². The lowest BCUT2D eigenvalue weighted by molar-refractivity contribution is -0.240. The molecular weight excluding hydrogens is 288 g/mol. The van der Waals surface area contributed by atoms with E-state index in [4.69, 9.17) is 4.74 Å². The van der Waals surface area contributed by atoms with Crippen LogP contribution in [0.3, 0.4) is 0 Å². The van der Waals surface area contributed by atoms with Crippen LogP contribution >= 0.6 is 0 Å². The van der Waals surface area contributed by atoms with Crippen LogP contribution in [0, 0.1) is 22.7 Å². The average molecular weight is 320 g/mol. The summed E-state index contributed by atoms with van der Waals surface area (Å²) in [5, 5.41) is 9.94. The summed E-state index contributed by atoms with van der Waals surface area (Å²) in [5.74, 6) is 0.0499. The van der Waals surface area contributed by atoms with Crippen LogP contribution < -0.4 is 0 Å². The largest absolute Gasteiger partial charge is 0.481 e. The summed E-state index contributed by atoms with van der Waals surface area (Å²) in [6.45, 7) is 12.7. The van der Waals surface area contributed by atoms with Gasteiger partial charge in [-0.3, -0.25) is 4.79 Å². The summed E-state index contributed by atoms with van der Waals surface area (Å²) in [6, 6.07) is 0. The van der Waals surface area contributed by atoms with E-state index in [1.165, 1.54) is 0 Å². The molecule has 3 rings (SSSR count). The maximum Gasteiger partial charge on any atom is 0.309 e. The molecule has 2 aliphatic carbocycles. The van der Waals surface area contributed by atoms with Gasteiger partial charge in [0.25, 0.3) is 0 Å². The molecule has 0 radical (unpaired) electrons. The molecule has 0 bridgehead atoms. The molecule has 6 unspecified atom stereocenters. The van der Waals surface area contributed by atoms with Crippen molar-refractivity contribution in [2.24, 2.45) is 22.7 Å². The van der Waals surface area contributed by atoms with Crippen LogP contribution in [0.1, 0.15) is 72.6 Å². The third-order valence-electron chi connectivity index (χ3n) is 7.91. The van der Waals surface area contributed by atoms with Crippen molar-refractivity contribution < 1.29 is 14.6 Å². The number of ether oxygens (including phenoxy) is 1. The maximum absolute atomic E-state index is 12.1. The smallest absolute Gasteiger partial charge is 0.309 e. The second-order valence-corrected chi connectivity index (χ2v) is 9.03. The Hall–Kier alpha value is -0.830. The van der Waals surface area contributed by atoms with Crippen molar-refractivity contribution in [1.29, 1.82) is 0 Å². The highest BCUT2D eigenvalue weighted by atomic mass is 16.5. The molecule has 23 heavy (non-hydrogen) atoms. The Morgan fingerprint density at radius 3 is 2.43 bits per heavy atom. The normalized spacial score (nSPS) is 53.0. The zero-order valence-corrected chi connectivity index (χ0v) is 15.2. The monoisotopic (exact) mass is 320 g/mol. The first kappa shape index (κ1) is 17.0. The SMILES string of the molecule is C=CC1(C)CCC2(O1)C(C)CCC1C(C)(C(=O)O)CCCC12C. The molecule has 1 saturated heterocycles. The van der Waals surface area contributed by atoms with E-state index in [-0.39, 0.29) is 22.5 Å². The number of hydrogen-bond acceptors (Lipinski definition) is 2. The lowest BCUT2D eigenvalue weighted by atomic mass is 9.44. The second-order valence-electron chi connectivity index (χ2n) is 9.03. The molecular formula is C20H32O3. The summed E-state index contributed by atoms with van der Waals surface area (Å²) in [5.41, 5.74) is -1.14. The van der Waals surface area contributed by atoms with Gasteiger partial charge in [-0.2, -0.15) is 0 Å². The summed E-state index contributed by atoms with van der Waals surface area (Å²) in [6.07, 6.45) is 8.90. The Morgan fingerprint density at radius 1 is 1.17 bits per heavy atom. The molecule has 1 N–H and O–H groups in total. The van der Waals surface area contributed by atoms with E-state index in [2.05, 4.69) is 27.4 Å². The van der Waals surface area contributed by atoms with Crippen LogP contribution in [0.15, 0.2) is 12.7 Å². The highest BCUT2D eigenvalue weighted by Crippen LogP contribution is 2.67. The molecule has 2 saturated carbocycles. The topological polar surface area (TPSA) is 46.5 Å². The maximum atomic E-state index is 12.1. The molecule has 1 aliphatic heterocycles. The zero-order chi connectivity index (χ0) is 17.1. The Balaban J connectivity index is 2.07. The van der Waals surface area contributed by atoms with Crippen molar-refractivity contribution in [2.45, 2.75) is 83.8 Å². The molecule has 130 valence electrons. The number of carboxylic acids is 1. The van der Waals surface area contributed by atoms with Gasteiger partial charge in [0.2, 0.25) is 0 Å². The third kappa shape index (κ3) is 2.08. The van der Waals surface area contributed by atoms with Crippen molar-refractivity contribution >= 4 is 5.97 Å². The van der Waals surface area contributed by atoms with Crippen molar-refractivity contribution in [3.8, 4) is 0 Å². The number of fused-ring (bicyclic) bond motifs is 2. The average Bonchev–Trinajstić information content (AvgIpc) is 2.85. The quantitative estimate of drug-likeness (QED) is 0.743. The number of carboxylic acid groups (broad SMARTS) is 1. The van der Waals surface area contributed by atoms with Crippen molar-refractivity contribution in [3.63, 3.8) is 0 Å². The van der Waals surface area contributed by atoms with Crippen LogP contribution in [0.5, 0.6) is 0 Å². The van der Waals surface area contributed by atoms with E-state index < -0.39 is 11.4 Å². The van der Waals surface area contributed by atoms with Crippen LogP contribution in [-0.4, -0.2) is 22.3 Å². The van der Waals surface area contributed by atoms with Crippen LogP contribution in [-0.2, 0) is 9.53 Å². The van der Waals surface area contributed by atoms with Crippen LogP contribution in [0.2, 0.25) is 0 Å². The van der Waals surface area contributed by atoms with Gasteiger partial charge in [0, 0.05) is 5.41 Å². The van der Waals surface area contributed by atoms with Gasteiger partial charge in [-0.15, -0.1) is 6.58 Å². The fourth-order valence-electron chi connectivity index (χ4n) is 6.33. The van der Waals surface area contributed by atoms with E-state index in [1.54, 1.807) is 0 Å². The van der Waals surface area contributed by atoms with Gasteiger partial charge in [-0.25, -0.2) is 0 Å². The first-order chi connectivity index (χ1) is 10.6. The minimum Gasteiger partial charge on any atom is -0.481 e. The van der Waals surface area contributed by atoms with Gasteiger partial charge in [-0.1, -0.05) is 26.3 Å². The number of aliphatic carboxylic acids is 1. The van der Waals surface area contributed by atoms with Gasteiger partial charge in [0.15, 0.2) is 0 Å². The Labute approximate surface area is 140 Å². The lowest BCUT2D eigenvalue weighted by Crippen LogP contribution is -2.64. The van der Waals surface area contributed by atoms with E-state index in [9.17, 15) is 9.90 Å².